The predicted molar refractivity (Wildman–Crippen MR) is 125 cm³/mol. The second kappa shape index (κ2) is 10.8. The molecule has 2 aromatic rings. The number of aliphatic hydroxyl groups excluding tert-OH is 1. The van der Waals surface area contributed by atoms with E-state index in [2.05, 4.69) is 0 Å². The van der Waals surface area contributed by atoms with Gasteiger partial charge in [-0.15, -0.1) is 0 Å². The number of aryl methyl sites for hydroxylation is 1. The topological polar surface area (TPSA) is 29.5 Å². The molecule has 1 saturated carbocycles. The van der Waals surface area contributed by atoms with Gasteiger partial charge in [-0.25, -0.2) is 13.2 Å². The lowest BCUT2D eigenvalue weighted by atomic mass is 9.76. The molecule has 0 heterocycles. The summed E-state index contributed by atoms with van der Waals surface area (Å²) in [7, 11) is 1.53. The quantitative estimate of drug-likeness (QED) is 0.476. The molecular formula is C28H33F3O2. The highest BCUT2D eigenvalue weighted by Gasteiger charge is 2.25. The maximum atomic E-state index is 14.8. The Morgan fingerprint density at radius 1 is 0.939 bits per heavy atom. The highest BCUT2D eigenvalue weighted by atomic mass is 19.2. The summed E-state index contributed by atoms with van der Waals surface area (Å²) in [4.78, 5) is 0. The van der Waals surface area contributed by atoms with Gasteiger partial charge in [0.2, 0.25) is 0 Å². The summed E-state index contributed by atoms with van der Waals surface area (Å²) in [5.41, 5.74) is 2.38. The van der Waals surface area contributed by atoms with Gasteiger partial charge >= 0.3 is 0 Å². The summed E-state index contributed by atoms with van der Waals surface area (Å²) < 4.78 is 49.1. The van der Waals surface area contributed by atoms with Crippen molar-refractivity contribution in [3.05, 3.63) is 70.5 Å². The molecule has 2 aliphatic carbocycles. The molecule has 0 saturated heterocycles. The van der Waals surface area contributed by atoms with Gasteiger partial charge in [0, 0.05) is 18.2 Å². The van der Waals surface area contributed by atoms with Gasteiger partial charge in [-0.05, 0) is 98.3 Å². The van der Waals surface area contributed by atoms with Gasteiger partial charge in [0.15, 0.2) is 11.6 Å². The zero-order chi connectivity index (χ0) is 23.4. The lowest BCUT2D eigenvalue weighted by molar-refractivity contribution is 0.218. The van der Waals surface area contributed by atoms with E-state index in [1.807, 2.05) is 12.1 Å². The molecule has 0 aromatic heterocycles. The summed E-state index contributed by atoms with van der Waals surface area (Å²) in [6.45, 7) is 0.135. The maximum Gasteiger partial charge on any atom is 0.166 e. The Labute approximate surface area is 194 Å². The number of allylic oxidation sites excluding steroid dienone is 2. The van der Waals surface area contributed by atoms with E-state index in [1.165, 1.54) is 13.2 Å². The third-order valence-electron chi connectivity index (χ3n) is 7.60. The van der Waals surface area contributed by atoms with Gasteiger partial charge in [-0.1, -0.05) is 24.3 Å². The molecular weight excluding hydrogens is 425 g/mol. The number of hydrogen-bond donors (Lipinski definition) is 1. The van der Waals surface area contributed by atoms with Crippen LogP contribution in [0.5, 0.6) is 5.75 Å². The fourth-order valence-electron chi connectivity index (χ4n) is 5.42. The molecule has 4 rings (SSSR count). The molecule has 1 fully saturated rings. The third-order valence-corrected chi connectivity index (χ3v) is 7.60. The summed E-state index contributed by atoms with van der Waals surface area (Å²) in [6, 6.07) is 8.51. The van der Waals surface area contributed by atoms with Crippen molar-refractivity contribution in [2.24, 2.45) is 11.8 Å². The van der Waals surface area contributed by atoms with Crippen LogP contribution in [0.1, 0.15) is 74.0 Å². The summed E-state index contributed by atoms with van der Waals surface area (Å²) in [6.07, 6.45) is 9.19. The van der Waals surface area contributed by atoms with Crippen LogP contribution in [0.3, 0.4) is 0 Å². The SMILES string of the molecule is COc1ccc(C2CCC(CCc3ccc(C4=CCC(CO)CC4)c(F)c3F)CC2)c(F)c1. The number of halogens is 3. The minimum Gasteiger partial charge on any atom is -0.497 e. The van der Waals surface area contributed by atoms with E-state index in [-0.39, 0.29) is 24.3 Å². The fraction of sp³-hybridized carbons (Fsp3) is 0.500. The first-order valence-electron chi connectivity index (χ1n) is 12.1. The highest BCUT2D eigenvalue weighted by molar-refractivity contribution is 5.67. The Morgan fingerprint density at radius 3 is 2.36 bits per heavy atom. The minimum absolute atomic E-state index is 0.135. The number of methoxy groups -OCH3 is 1. The van der Waals surface area contributed by atoms with E-state index < -0.39 is 11.6 Å². The van der Waals surface area contributed by atoms with Crippen LogP contribution in [0, 0.1) is 29.3 Å². The van der Waals surface area contributed by atoms with Gasteiger partial charge in [0.1, 0.15) is 11.6 Å². The second-order valence-electron chi connectivity index (χ2n) is 9.60. The van der Waals surface area contributed by atoms with Gasteiger partial charge in [0.05, 0.1) is 7.11 Å². The molecule has 5 heteroatoms. The first-order valence-corrected chi connectivity index (χ1v) is 12.1. The van der Waals surface area contributed by atoms with Crippen molar-refractivity contribution in [2.45, 2.75) is 63.7 Å². The Morgan fingerprint density at radius 2 is 1.73 bits per heavy atom. The molecule has 0 aliphatic heterocycles. The van der Waals surface area contributed by atoms with Gasteiger partial charge in [0.25, 0.3) is 0 Å². The second-order valence-corrected chi connectivity index (χ2v) is 9.60. The molecule has 178 valence electrons. The summed E-state index contributed by atoms with van der Waals surface area (Å²) in [5, 5.41) is 9.27. The molecule has 2 nitrogen and oxygen atoms in total. The van der Waals surface area contributed by atoms with Crippen molar-refractivity contribution in [3.63, 3.8) is 0 Å². The van der Waals surface area contributed by atoms with Crippen molar-refractivity contribution in [2.75, 3.05) is 13.7 Å². The molecule has 2 aromatic carbocycles. The van der Waals surface area contributed by atoms with E-state index in [0.717, 1.165) is 49.7 Å². The van der Waals surface area contributed by atoms with E-state index in [0.29, 0.717) is 42.1 Å². The number of aliphatic hydroxyl groups is 1. The molecule has 1 atom stereocenters. The number of rotatable bonds is 7. The van der Waals surface area contributed by atoms with E-state index in [4.69, 9.17) is 4.74 Å². The van der Waals surface area contributed by atoms with Crippen molar-refractivity contribution in [1.82, 2.24) is 0 Å². The van der Waals surface area contributed by atoms with Crippen LogP contribution < -0.4 is 4.74 Å². The molecule has 0 amide bonds. The number of benzene rings is 2. The largest absolute Gasteiger partial charge is 0.497 e. The average molecular weight is 459 g/mol. The van der Waals surface area contributed by atoms with Gasteiger partial charge < -0.3 is 9.84 Å². The van der Waals surface area contributed by atoms with Crippen molar-refractivity contribution in [1.29, 1.82) is 0 Å². The lowest BCUT2D eigenvalue weighted by Gasteiger charge is -2.29. The van der Waals surface area contributed by atoms with Crippen molar-refractivity contribution >= 4 is 5.57 Å². The van der Waals surface area contributed by atoms with Crippen LogP contribution in [0.2, 0.25) is 0 Å². The molecule has 0 radical (unpaired) electrons. The molecule has 1 unspecified atom stereocenters. The third kappa shape index (κ3) is 5.46. The Balaban J connectivity index is 1.33. The standard InChI is InChI=1S/C28H33F3O2/c1-33-23-13-15-24(26(29)16-23)20-7-2-18(3-8-20)4-11-22-12-14-25(28(31)27(22)30)21-9-5-19(17-32)6-10-21/h9,12-16,18-20,32H,2-8,10-11,17H2,1H3. The van der Waals surface area contributed by atoms with E-state index in [1.54, 1.807) is 18.2 Å². The van der Waals surface area contributed by atoms with E-state index in [9.17, 15) is 18.3 Å². The van der Waals surface area contributed by atoms with E-state index >= 15 is 0 Å². The normalized spacial score (nSPS) is 23.3. The van der Waals surface area contributed by atoms with Crippen LogP contribution in [-0.4, -0.2) is 18.8 Å². The van der Waals surface area contributed by atoms with Crippen molar-refractivity contribution < 1.29 is 23.0 Å². The average Bonchev–Trinajstić information content (AvgIpc) is 2.85. The maximum absolute atomic E-state index is 14.8. The zero-order valence-electron chi connectivity index (χ0n) is 19.3. The predicted octanol–water partition coefficient (Wildman–Crippen LogP) is 7.19. The van der Waals surface area contributed by atoms with Crippen molar-refractivity contribution in [3.8, 4) is 5.75 Å². The number of hydrogen-bond acceptors (Lipinski definition) is 2. The Hall–Kier alpha value is -2.27. The van der Waals surface area contributed by atoms with Crippen LogP contribution in [-0.2, 0) is 6.42 Å². The Kier molecular flexibility index (Phi) is 7.79. The van der Waals surface area contributed by atoms with Crippen LogP contribution in [0.15, 0.2) is 36.4 Å². The first kappa shape index (κ1) is 23.9. The highest BCUT2D eigenvalue weighted by Crippen LogP contribution is 2.39. The molecule has 0 bridgehead atoms. The van der Waals surface area contributed by atoms with Crippen LogP contribution in [0.4, 0.5) is 13.2 Å². The zero-order valence-corrected chi connectivity index (χ0v) is 19.3. The van der Waals surface area contributed by atoms with Crippen LogP contribution >= 0.6 is 0 Å². The van der Waals surface area contributed by atoms with Gasteiger partial charge in [-0.3, -0.25) is 0 Å². The summed E-state index contributed by atoms with van der Waals surface area (Å²) >= 11 is 0. The molecule has 0 spiro atoms. The van der Waals surface area contributed by atoms with Gasteiger partial charge in [-0.2, -0.15) is 0 Å². The van der Waals surface area contributed by atoms with Crippen LogP contribution in [0.25, 0.3) is 5.57 Å². The molecule has 33 heavy (non-hydrogen) atoms. The smallest absolute Gasteiger partial charge is 0.166 e. The molecule has 1 N–H and O–H groups in total. The first-order chi connectivity index (χ1) is 16.0. The Bertz CT molecular complexity index is 993. The fourth-order valence-corrected chi connectivity index (χ4v) is 5.42. The molecule has 2 aliphatic rings. The minimum atomic E-state index is -0.750. The monoisotopic (exact) mass is 458 g/mol. The lowest BCUT2D eigenvalue weighted by Crippen LogP contribution is -2.15. The number of ether oxygens (including phenoxy) is 1. The summed E-state index contributed by atoms with van der Waals surface area (Å²) in [5.74, 6) is -0.297.